The standard InChI is InChI=1S/C13H19NO2/c1-8(2)6-11(13(15)16)10-7-9(3)4-5-12(10)14/h4-5,7-8,11H,6,14H2,1-3H3,(H,15,16). The van der Waals surface area contributed by atoms with Gasteiger partial charge in [-0.2, -0.15) is 0 Å². The molecule has 0 bridgehead atoms. The van der Waals surface area contributed by atoms with Gasteiger partial charge >= 0.3 is 5.97 Å². The first-order valence-corrected chi connectivity index (χ1v) is 5.50. The van der Waals surface area contributed by atoms with Crippen LogP contribution in [-0.4, -0.2) is 11.1 Å². The summed E-state index contributed by atoms with van der Waals surface area (Å²) in [5.74, 6) is -0.966. The third kappa shape index (κ3) is 2.99. The van der Waals surface area contributed by atoms with Gasteiger partial charge < -0.3 is 10.8 Å². The van der Waals surface area contributed by atoms with E-state index in [1.807, 2.05) is 32.9 Å². The lowest BCUT2D eigenvalue weighted by Crippen LogP contribution is -2.15. The normalized spacial score (nSPS) is 12.8. The maximum atomic E-state index is 11.2. The van der Waals surface area contributed by atoms with Gasteiger partial charge in [-0.3, -0.25) is 4.79 Å². The molecule has 0 saturated carbocycles. The fourth-order valence-corrected chi connectivity index (χ4v) is 1.83. The lowest BCUT2D eigenvalue weighted by atomic mass is 9.88. The molecule has 0 heterocycles. The van der Waals surface area contributed by atoms with Crippen LogP contribution in [0.4, 0.5) is 5.69 Å². The molecule has 88 valence electrons. The third-order valence-electron chi connectivity index (χ3n) is 2.62. The second-order valence-corrected chi connectivity index (χ2v) is 4.65. The Morgan fingerprint density at radius 1 is 1.44 bits per heavy atom. The summed E-state index contributed by atoms with van der Waals surface area (Å²) < 4.78 is 0. The van der Waals surface area contributed by atoms with E-state index in [-0.39, 0.29) is 0 Å². The van der Waals surface area contributed by atoms with Crippen molar-refractivity contribution in [2.75, 3.05) is 5.73 Å². The van der Waals surface area contributed by atoms with Gasteiger partial charge in [0.25, 0.3) is 0 Å². The Labute approximate surface area is 96.3 Å². The minimum atomic E-state index is -0.800. The Bertz CT molecular complexity index is 386. The zero-order chi connectivity index (χ0) is 12.3. The number of carboxylic acids is 1. The predicted molar refractivity (Wildman–Crippen MR) is 65.4 cm³/mol. The molecule has 0 aromatic heterocycles. The van der Waals surface area contributed by atoms with Crippen LogP contribution in [0.5, 0.6) is 0 Å². The molecule has 0 aliphatic heterocycles. The Balaban J connectivity index is 3.10. The van der Waals surface area contributed by atoms with E-state index in [0.717, 1.165) is 11.1 Å². The lowest BCUT2D eigenvalue weighted by molar-refractivity contribution is -0.139. The second-order valence-electron chi connectivity index (χ2n) is 4.65. The number of carboxylic acid groups (broad SMARTS) is 1. The average Bonchev–Trinajstić information content (AvgIpc) is 2.18. The third-order valence-corrected chi connectivity index (χ3v) is 2.62. The minimum absolute atomic E-state index is 0.334. The minimum Gasteiger partial charge on any atom is -0.481 e. The molecule has 1 unspecified atom stereocenters. The lowest BCUT2D eigenvalue weighted by Gasteiger charge is -2.17. The van der Waals surface area contributed by atoms with Crippen molar-refractivity contribution < 1.29 is 9.90 Å². The molecule has 0 radical (unpaired) electrons. The zero-order valence-electron chi connectivity index (χ0n) is 10.0. The number of carbonyl (C=O) groups is 1. The van der Waals surface area contributed by atoms with E-state index in [4.69, 9.17) is 5.73 Å². The first-order valence-electron chi connectivity index (χ1n) is 5.50. The molecule has 0 fully saturated rings. The van der Waals surface area contributed by atoms with Gasteiger partial charge in [-0.05, 0) is 30.9 Å². The molecule has 1 aromatic rings. The highest BCUT2D eigenvalue weighted by Crippen LogP contribution is 2.29. The molecule has 1 aromatic carbocycles. The number of nitrogens with two attached hydrogens (primary N) is 1. The van der Waals surface area contributed by atoms with E-state index in [1.165, 1.54) is 0 Å². The summed E-state index contributed by atoms with van der Waals surface area (Å²) in [5, 5.41) is 9.24. The molecule has 3 N–H and O–H groups in total. The number of rotatable bonds is 4. The summed E-state index contributed by atoms with van der Waals surface area (Å²) in [6.07, 6.45) is 0.614. The predicted octanol–water partition coefficient (Wildman–Crippen LogP) is 2.79. The molecule has 0 aliphatic carbocycles. The zero-order valence-corrected chi connectivity index (χ0v) is 10.0. The summed E-state index contributed by atoms with van der Waals surface area (Å²) in [5.41, 5.74) is 8.19. The molecule has 1 rings (SSSR count). The molecule has 0 spiro atoms. The highest BCUT2D eigenvalue weighted by molar-refractivity contribution is 5.78. The first-order chi connectivity index (χ1) is 7.41. The van der Waals surface area contributed by atoms with Gasteiger partial charge in [-0.15, -0.1) is 0 Å². The molecular formula is C13H19NO2. The van der Waals surface area contributed by atoms with E-state index in [0.29, 0.717) is 18.0 Å². The Morgan fingerprint density at radius 3 is 2.56 bits per heavy atom. The van der Waals surface area contributed by atoms with Crippen LogP contribution >= 0.6 is 0 Å². The summed E-state index contributed by atoms with van der Waals surface area (Å²) in [6, 6.07) is 5.55. The van der Waals surface area contributed by atoms with E-state index in [2.05, 4.69) is 0 Å². The van der Waals surface area contributed by atoms with Crippen molar-refractivity contribution in [3.05, 3.63) is 29.3 Å². The van der Waals surface area contributed by atoms with Crippen molar-refractivity contribution in [3.8, 4) is 0 Å². The monoisotopic (exact) mass is 221 g/mol. The van der Waals surface area contributed by atoms with Crippen LogP contribution in [0.3, 0.4) is 0 Å². The number of aliphatic carboxylic acids is 1. The fourth-order valence-electron chi connectivity index (χ4n) is 1.83. The van der Waals surface area contributed by atoms with Crippen LogP contribution in [0.25, 0.3) is 0 Å². The van der Waals surface area contributed by atoms with Crippen LogP contribution in [0.15, 0.2) is 18.2 Å². The van der Waals surface area contributed by atoms with Gasteiger partial charge in [0.05, 0.1) is 5.92 Å². The summed E-state index contributed by atoms with van der Waals surface area (Å²) in [4.78, 5) is 11.2. The van der Waals surface area contributed by atoms with Crippen LogP contribution in [0.2, 0.25) is 0 Å². The smallest absolute Gasteiger partial charge is 0.311 e. The van der Waals surface area contributed by atoms with Gasteiger partial charge in [0, 0.05) is 5.69 Å². The highest BCUT2D eigenvalue weighted by atomic mass is 16.4. The average molecular weight is 221 g/mol. The van der Waals surface area contributed by atoms with Gasteiger partial charge in [0.2, 0.25) is 0 Å². The molecular weight excluding hydrogens is 202 g/mol. The highest BCUT2D eigenvalue weighted by Gasteiger charge is 2.23. The number of benzene rings is 1. The quantitative estimate of drug-likeness (QED) is 0.768. The molecule has 0 amide bonds. The van der Waals surface area contributed by atoms with Crippen LogP contribution in [-0.2, 0) is 4.79 Å². The molecule has 3 heteroatoms. The molecule has 1 atom stereocenters. The van der Waals surface area contributed by atoms with Crippen molar-refractivity contribution in [2.45, 2.75) is 33.1 Å². The van der Waals surface area contributed by atoms with Crippen molar-refractivity contribution in [2.24, 2.45) is 5.92 Å². The summed E-state index contributed by atoms with van der Waals surface area (Å²) in [6.45, 7) is 5.97. The van der Waals surface area contributed by atoms with Crippen LogP contribution in [0, 0.1) is 12.8 Å². The van der Waals surface area contributed by atoms with E-state index in [1.54, 1.807) is 6.07 Å². The number of hydrogen-bond donors (Lipinski definition) is 2. The summed E-state index contributed by atoms with van der Waals surface area (Å²) in [7, 11) is 0. The number of hydrogen-bond acceptors (Lipinski definition) is 2. The topological polar surface area (TPSA) is 63.3 Å². The van der Waals surface area contributed by atoms with Gasteiger partial charge in [0.15, 0.2) is 0 Å². The molecule has 0 saturated heterocycles. The largest absolute Gasteiger partial charge is 0.481 e. The van der Waals surface area contributed by atoms with Crippen LogP contribution < -0.4 is 5.73 Å². The van der Waals surface area contributed by atoms with Crippen molar-refractivity contribution >= 4 is 11.7 Å². The van der Waals surface area contributed by atoms with E-state index >= 15 is 0 Å². The van der Waals surface area contributed by atoms with Crippen molar-refractivity contribution in [1.82, 2.24) is 0 Å². The molecule has 0 aliphatic rings. The second kappa shape index (κ2) is 5.01. The van der Waals surface area contributed by atoms with E-state index < -0.39 is 11.9 Å². The Hall–Kier alpha value is -1.51. The van der Waals surface area contributed by atoms with Gasteiger partial charge in [-0.1, -0.05) is 31.5 Å². The number of aryl methyl sites for hydroxylation is 1. The first kappa shape index (κ1) is 12.6. The summed E-state index contributed by atoms with van der Waals surface area (Å²) >= 11 is 0. The Morgan fingerprint density at radius 2 is 2.06 bits per heavy atom. The maximum Gasteiger partial charge on any atom is 0.311 e. The van der Waals surface area contributed by atoms with Crippen LogP contribution in [0.1, 0.15) is 37.3 Å². The SMILES string of the molecule is Cc1ccc(N)c(C(CC(C)C)C(=O)O)c1. The fraction of sp³-hybridized carbons (Fsp3) is 0.462. The van der Waals surface area contributed by atoms with Gasteiger partial charge in [-0.25, -0.2) is 0 Å². The maximum absolute atomic E-state index is 11.2. The molecule has 16 heavy (non-hydrogen) atoms. The number of nitrogen functional groups attached to an aromatic ring is 1. The van der Waals surface area contributed by atoms with Crippen molar-refractivity contribution in [3.63, 3.8) is 0 Å². The van der Waals surface area contributed by atoms with Gasteiger partial charge in [0.1, 0.15) is 0 Å². The van der Waals surface area contributed by atoms with E-state index in [9.17, 15) is 9.90 Å². The molecule has 3 nitrogen and oxygen atoms in total. The Kier molecular flexibility index (Phi) is 3.93. The number of anilines is 1. The van der Waals surface area contributed by atoms with Crippen molar-refractivity contribution in [1.29, 1.82) is 0 Å².